The lowest BCUT2D eigenvalue weighted by Gasteiger charge is -2.29. The van der Waals surface area contributed by atoms with Gasteiger partial charge in [-0.05, 0) is 45.7 Å². The number of rotatable bonds is 9. The monoisotopic (exact) mass is 535 g/mol. The number of anilines is 1. The topological polar surface area (TPSA) is 107 Å². The van der Waals surface area contributed by atoms with E-state index in [4.69, 9.17) is 19.2 Å². The van der Waals surface area contributed by atoms with Crippen molar-refractivity contribution in [3.05, 3.63) is 54.7 Å². The van der Waals surface area contributed by atoms with Crippen molar-refractivity contribution in [1.82, 2.24) is 19.8 Å². The minimum Gasteiger partial charge on any atom is -0.493 e. The second kappa shape index (κ2) is 12.2. The van der Waals surface area contributed by atoms with Gasteiger partial charge in [-0.3, -0.25) is 14.7 Å². The molecule has 3 amide bonds. The number of urea groups is 1. The second-order valence-corrected chi connectivity index (χ2v) is 10.5. The first kappa shape index (κ1) is 28.0. The summed E-state index contributed by atoms with van der Waals surface area (Å²) in [7, 11) is 3.14. The standard InChI is InChI=1S/C29H37N5O5/c1-29(2,3)32-28(36)33(17-22-12-9-15-39-22)19-26(35)31-27-30-23(20-10-7-6-8-11-20)18-34(27)21-13-14-24(37-4)25(16-21)38-5/h6-8,10-11,13-14,16,18,22H,9,12,15,17,19H2,1-5H3,(H,32,36)(H,30,31,35)/t22-/m1/s1. The predicted molar refractivity (Wildman–Crippen MR) is 150 cm³/mol. The molecular formula is C29H37N5O5. The number of hydrogen-bond acceptors (Lipinski definition) is 6. The Morgan fingerprint density at radius 2 is 1.85 bits per heavy atom. The normalized spacial score (nSPS) is 15.1. The van der Waals surface area contributed by atoms with Gasteiger partial charge in [0.2, 0.25) is 11.9 Å². The van der Waals surface area contributed by atoms with Crippen molar-refractivity contribution in [1.29, 1.82) is 0 Å². The van der Waals surface area contributed by atoms with Gasteiger partial charge in [0, 0.05) is 36.5 Å². The number of nitrogens with one attached hydrogen (secondary N) is 2. The quantitative estimate of drug-likeness (QED) is 0.418. The van der Waals surface area contributed by atoms with Crippen molar-refractivity contribution in [2.24, 2.45) is 0 Å². The molecule has 0 unspecified atom stereocenters. The van der Waals surface area contributed by atoms with E-state index in [1.54, 1.807) is 24.9 Å². The number of carbonyl (C=O) groups is 2. The zero-order valence-corrected chi connectivity index (χ0v) is 23.2. The maximum absolute atomic E-state index is 13.3. The van der Waals surface area contributed by atoms with Crippen LogP contribution in [0, 0.1) is 0 Å². The summed E-state index contributed by atoms with van der Waals surface area (Å²) >= 11 is 0. The highest BCUT2D eigenvalue weighted by Gasteiger charge is 2.27. The summed E-state index contributed by atoms with van der Waals surface area (Å²) in [5.41, 5.74) is 1.86. The summed E-state index contributed by atoms with van der Waals surface area (Å²) in [4.78, 5) is 32.6. The number of imidazole rings is 1. The summed E-state index contributed by atoms with van der Waals surface area (Å²) in [5, 5.41) is 5.87. The number of amides is 3. The van der Waals surface area contributed by atoms with E-state index < -0.39 is 5.54 Å². The molecule has 0 aliphatic carbocycles. The Kier molecular flexibility index (Phi) is 8.75. The first-order valence-electron chi connectivity index (χ1n) is 13.0. The van der Waals surface area contributed by atoms with Gasteiger partial charge in [0.05, 0.1) is 31.7 Å². The van der Waals surface area contributed by atoms with Crippen molar-refractivity contribution in [2.75, 3.05) is 39.2 Å². The van der Waals surface area contributed by atoms with E-state index in [9.17, 15) is 9.59 Å². The number of carbonyl (C=O) groups excluding carboxylic acids is 2. The van der Waals surface area contributed by atoms with Gasteiger partial charge in [0.15, 0.2) is 11.5 Å². The maximum atomic E-state index is 13.3. The molecule has 1 atom stereocenters. The molecule has 4 rings (SSSR count). The third-order valence-electron chi connectivity index (χ3n) is 6.22. The van der Waals surface area contributed by atoms with E-state index in [0.717, 1.165) is 24.1 Å². The number of hydrogen-bond donors (Lipinski definition) is 2. The maximum Gasteiger partial charge on any atom is 0.318 e. The molecule has 0 saturated carbocycles. The van der Waals surface area contributed by atoms with E-state index >= 15 is 0 Å². The van der Waals surface area contributed by atoms with Crippen LogP contribution >= 0.6 is 0 Å². The van der Waals surface area contributed by atoms with Crippen LogP contribution < -0.4 is 20.1 Å². The molecule has 1 aromatic heterocycles. The predicted octanol–water partition coefficient (Wildman–Crippen LogP) is 4.48. The lowest BCUT2D eigenvalue weighted by molar-refractivity contribution is -0.117. The molecule has 39 heavy (non-hydrogen) atoms. The molecule has 1 fully saturated rings. The third kappa shape index (κ3) is 7.29. The molecule has 10 nitrogen and oxygen atoms in total. The van der Waals surface area contributed by atoms with Gasteiger partial charge in [-0.25, -0.2) is 9.78 Å². The molecular weight excluding hydrogens is 498 g/mol. The molecule has 1 saturated heterocycles. The zero-order chi connectivity index (χ0) is 28.0. The Balaban J connectivity index is 1.62. The average molecular weight is 536 g/mol. The van der Waals surface area contributed by atoms with Crippen LogP contribution in [-0.2, 0) is 9.53 Å². The van der Waals surface area contributed by atoms with Crippen LogP contribution in [0.15, 0.2) is 54.7 Å². The first-order chi connectivity index (χ1) is 18.7. The lowest BCUT2D eigenvalue weighted by atomic mass is 10.1. The minimum atomic E-state index is -0.448. The van der Waals surface area contributed by atoms with Gasteiger partial charge < -0.3 is 24.4 Å². The molecule has 1 aliphatic heterocycles. The fraction of sp³-hybridized carbons (Fsp3) is 0.414. The average Bonchev–Trinajstić information content (AvgIpc) is 3.57. The van der Waals surface area contributed by atoms with Crippen LogP contribution in [0.4, 0.5) is 10.7 Å². The Hall–Kier alpha value is -4.05. The Labute approximate surface area is 229 Å². The lowest BCUT2D eigenvalue weighted by Crippen LogP contribution is -2.52. The highest BCUT2D eigenvalue weighted by atomic mass is 16.5. The molecule has 0 spiro atoms. The van der Waals surface area contributed by atoms with Gasteiger partial charge in [-0.2, -0.15) is 0 Å². The van der Waals surface area contributed by atoms with Gasteiger partial charge >= 0.3 is 6.03 Å². The molecule has 10 heteroatoms. The number of aromatic nitrogens is 2. The van der Waals surface area contributed by atoms with Crippen molar-refractivity contribution in [3.8, 4) is 28.4 Å². The van der Waals surface area contributed by atoms with Gasteiger partial charge in [0.25, 0.3) is 0 Å². The van der Waals surface area contributed by atoms with E-state index in [-0.39, 0.29) is 24.6 Å². The molecule has 208 valence electrons. The number of benzene rings is 2. The van der Waals surface area contributed by atoms with Crippen LogP contribution in [0.1, 0.15) is 33.6 Å². The molecule has 3 aromatic rings. The summed E-state index contributed by atoms with van der Waals surface area (Å²) in [6.07, 6.45) is 3.55. The van der Waals surface area contributed by atoms with E-state index in [0.29, 0.717) is 36.3 Å². The SMILES string of the molecule is COc1ccc(-n2cc(-c3ccccc3)nc2NC(=O)CN(C[C@H]2CCCO2)C(=O)NC(C)(C)C)cc1OC. The molecule has 0 radical (unpaired) electrons. The number of ether oxygens (including phenoxy) is 3. The van der Waals surface area contributed by atoms with Crippen LogP contribution in [0.3, 0.4) is 0 Å². The summed E-state index contributed by atoms with van der Waals surface area (Å²) < 4.78 is 18.4. The Morgan fingerprint density at radius 1 is 1.10 bits per heavy atom. The minimum absolute atomic E-state index is 0.0954. The van der Waals surface area contributed by atoms with E-state index in [1.165, 1.54) is 4.90 Å². The van der Waals surface area contributed by atoms with Crippen LogP contribution in [-0.4, -0.2) is 71.9 Å². The largest absolute Gasteiger partial charge is 0.493 e. The summed E-state index contributed by atoms with van der Waals surface area (Å²) in [6.45, 7) is 6.55. The summed E-state index contributed by atoms with van der Waals surface area (Å²) in [5.74, 6) is 1.08. The van der Waals surface area contributed by atoms with Crippen LogP contribution in [0.2, 0.25) is 0 Å². The summed E-state index contributed by atoms with van der Waals surface area (Å²) in [6, 6.07) is 14.8. The molecule has 2 heterocycles. The van der Waals surface area contributed by atoms with Gasteiger partial charge in [-0.15, -0.1) is 0 Å². The highest BCUT2D eigenvalue weighted by molar-refractivity contribution is 5.93. The van der Waals surface area contributed by atoms with Crippen molar-refractivity contribution < 1.29 is 23.8 Å². The third-order valence-corrected chi connectivity index (χ3v) is 6.22. The Morgan fingerprint density at radius 3 is 2.49 bits per heavy atom. The van der Waals surface area contributed by atoms with Crippen LogP contribution in [0.25, 0.3) is 16.9 Å². The van der Waals surface area contributed by atoms with Crippen LogP contribution in [0.5, 0.6) is 11.5 Å². The molecule has 0 bridgehead atoms. The number of methoxy groups -OCH3 is 2. The molecule has 2 aromatic carbocycles. The zero-order valence-electron chi connectivity index (χ0n) is 23.2. The first-order valence-corrected chi connectivity index (χ1v) is 13.0. The van der Waals surface area contributed by atoms with Crippen molar-refractivity contribution >= 4 is 17.9 Å². The van der Waals surface area contributed by atoms with Crippen molar-refractivity contribution in [3.63, 3.8) is 0 Å². The number of nitrogens with zero attached hydrogens (tertiary/aromatic N) is 3. The molecule has 2 N–H and O–H groups in total. The fourth-order valence-electron chi connectivity index (χ4n) is 4.38. The highest BCUT2D eigenvalue weighted by Crippen LogP contribution is 2.31. The van der Waals surface area contributed by atoms with Gasteiger partial charge in [0.1, 0.15) is 6.54 Å². The van der Waals surface area contributed by atoms with Crippen molar-refractivity contribution in [2.45, 2.75) is 45.3 Å². The smallest absolute Gasteiger partial charge is 0.318 e. The van der Waals surface area contributed by atoms with Gasteiger partial charge in [-0.1, -0.05) is 30.3 Å². The van der Waals surface area contributed by atoms with E-state index in [1.807, 2.05) is 69.4 Å². The second-order valence-electron chi connectivity index (χ2n) is 10.5. The molecule has 1 aliphatic rings. The Bertz CT molecular complexity index is 1280. The van der Waals surface area contributed by atoms with E-state index in [2.05, 4.69) is 10.6 Å². The fourth-order valence-corrected chi connectivity index (χ4v) is 4.38.